The van der Waals surface area contributed by atoms with Gasteiger partial charge in [-0.3, -0.25) is 4.79 Å². The highest BCUT2D eigenvalue weighted by molar-refractivity contribution is 5.75. The summed E-state index contributed by atoms with van der Waals surface area (Å²) >= 11 is 0. The summed E-state index contributed by atoms with van der Waals surface area (Å²) in [7, 11) is 0. The van der Waals surface area contributed by atoms with Crippen molar-refractivity contribution in [1.82, 2.24) is 0 Å². The molecular weight excluding hydrogens is 210 g/mol. The number of aliphatic hydroxyl groups excluding tert-OH is 1. The van der Waals surface area contributed by atoms with Gasteiger partial charge in [0.1, 0.15) is 12.1 Å². The molecule has 0 amide bonds. The Morgan fingerprint density at radius 2 is 2.38 bits per heavy atom. The average Bonchev–Trinajstić information content (AvgIpc) is 2.56. The summed E-state index contributed by atoms with van der Waals surface area (Å²) in [6.07, 6.45) is 0.866. The second kappa shape index (κ2) is 4.41. The highest BCUT2D eigenvalue weighted by atomic mass is 16.5. The number of hydrogen-bond donors (Lipinski definition) is 1. The van der Waals surface area contributed by atoms with Gasteiger partial charge < -0.3 is 14.6 Å². The van der Waals surface area contributed by atoms with E-state index in [0.29, 0.717) is 18.9 Å². The number of hydrogen-bond acceptors (Lipinski definition) is 5. The van der Waals surface area contributed by atoms with Crippen LogP contribution in [0.4, 0.5) is 0 Å². The van der Waals surface area contributed by atoms with E-state index in [1.54, 1.807) is 6.92 Å². The Balaban J connectivity index is 1.91. The summed E-state index contributed by atoms with van der Waals surface area (Å²) in [6, 6.07) is -0.131. The summed E-state index contributed by atoms with van der Waals surface area (Å²) in [6.45, 7) is 3.55. The van der Waals surface area contributed by atoms with E-state index in [1.807, 2.05) is 0 Å². The average molecular weight is 227 g/mol. The first kappa shape index (κ1) is 11.4. The van der Waals surface area contributed by atoms with Crippen LogP contribution in [-0.2, 0) is 14.3 Å². The molecule has 0 spiro atoms. The van der Waals surface area contributed by atoms with Gasteiger partial charge in [-0.1, -0.05) is 0 Å². The largest absolute Gasteiger partial charge is 0.476 e. The van der Waals surface area contributed by atoms with Crippen molar-refractivity contribution >= 4 is 11.9 Å². The van der Waals surface area contributed by atoms with Crippen molar-refractivity contribution in [2.45, 2.75) is 44.9 Å². The molecular formula is C11H17NO4. The monoisotopic (exact) mass is 227 g/mol. The van der Waals surface area contributed by atoms with E-state index >= 15 is 0 Å². The summed E-state index contributed by atoms with van der Waals surface area (Å²) < 4.78 is 10.5. The van der Waals surface area contributed by atoms with Gasteiger partial charge in [0.15, 0.2) is 5.90 Å². The van der Waals surface area contributed by atoms with Crippen molar-refractivity contribution in [3.8, 4) is 0 Å². The number of carbonyl (C=O) groups excluding carboxylic acids is 1. The predicted octanol–water partition coefficient (Wildman–Crippen LogP) is 0.506. The minimum atomic E-state index is -0.489. The van der Waals surface area contributed by atoms with Crippen LogP contribution in [0.15, 0.2) is 4.99 Å². The number of aliphatic imine (C=N–C) groups is 1. The fourth-order valence-corrected chi connectivity index (χ4v) is 2.41. The van der Waals surface area contributed by atoms with E-state index in [9.17, 15) is 9.90 Å². The van der Waals surface area contributed by atoms with E-state index < -0.39 is 6.10 Å². The molecule has 1 aliphatic carbocycles. The first-order valence-electron chi connectivity index (χ1n) is 5.58. The molecule has 1 aliphatic heterocycles. The lowest BCUT2D eigenvalue weighted by Gasteiger charge is -2.32. The Labute approximate surface area is 94.5 Å². The van der Waals surface area contributed by atoms with Gasteiger partial charge in [0.25, 0.3) is 0 Å². The van der Waals surface area contributed by atoms with Crippen LogP contribution in [0.3, 0.4) is 0 Å². The number of nitrogens with zero attached hydrogens (tertiary/aromatic N) is 1. The summed E-state index contributed by atoms with van der Waals surface area (Å²) in [5.41, 5.74) is 0. The van der Waals surface area contributed by atoms with Crippen molar-refractivity contribution in [3.63, 3.8) is 0 Å². The molecule has 90 valence electrons. The molecule has 4 atom stereocenters. The zero-order valence-corrected chi connectivity index (χ0v) is 9.55. The molecule has 1 N–H and O–H groups in total. The number of fused-ring (bicyclic) bond motifs is 1. The first-order valence-corrected chi connectivity index (χ1v) is 5.58. The van der Waals surface area contributed by atoms with Gasteiger partial charge >= 0.3 is 5.97 Å². The predicted molar refractivity (Wildman–Crippen MR) is 57.1 cm³/mol. The van der Waals surface area contributed by atoms with Crippen molar-refractivity contribution in [2.75, 3.05) is 6.61 Å². The normalized spacial score (nSPS) is 37.3. The second-order valence-corrected chi connectivity index (χ2v) is 4.50. The molecule has 0 aromatic carbocycles. The van der Waals surface area contributed by atoms with Crippen LogP contribution in [0.2, 0.25) is 0 Å². The maximum atomic E-state index is 10.7. The van der Waals surface area contributed by atoms with Gasteiger partial charge in [-0.25, -0.2) is 4.99 Å². The molecule has 0 bridgehead atoms. The summed E-state index contributed by atoms with van der Waals surface area (Å²) in [5, 5.41) is 9.91. The van der Waals surface area contributed by atoms with Gasteiger partial charge in [-0.15, -0.1) is 0 Å². The van der Waals surface area contributed by atoms with E-state index in [4.69, 9.17) is 9.47 Å². The molecule has 16 heavy (non-hydrogen) atoms. The van der Waals surface area contributed by atoms with Crippen LogP contribution in [0, 0.1) is 5.92 Å². The Morgan fingerprint density at radius 3 is 3.06 bits per heavy atom. The summed E-state index contributed by atoms with van der Waals surface area (Å²) in [4.78, 5) is 15.0. The lowest BCUT2D eigenvalue weighted by Crippen LogP contribution is -2.43. The van der Waals surface area contributed by atoms with Crippen molar-refractivity contribution in [3.05, 3.63) is 0 Å². The number of ether oxygens (including phenoxy) is 2. The highest BCUT2D eigenvalue weighted by Gasteiger charge is 2.41. The molecule has 5 heteroatoms. The van der Waals surface area contributed by atoms with Crippen LogP contribution < -0.4 is 0 Å². The maximum absolute atomic E-state index is 10.7. The Kier molecular flexibility index (Phi) is 3.14. The van der Waals surface area contributed by atoms with Crippen molar-refractivity contribution < 1.29 is 19.4 Å². The van der Waals surface area contributed by atoms with Crippen LogP contribution in [0.5, 0.6) is 0 Å². The van der Waals surface area contributed by atoms with Crippen molar-refractivity contribution in [1.29, 1.82) is 0 Å². The van der Waals surface area contributed by atoms with Gasteiger partial charge in [0.05, 0.1) is 12.7 Å². The van der Waals surface area contributed by atoms with E-state index in [2.05, 4.69) is 4.99 Å². The van der Waals surface area contributed by atoms with Gasteiger partial charge in [0.2, 0.25) is 0 Å². The molecule has 0 radical (unpaired) electrons. The molecule has 1 heterocycles. The quantitative estimate of drug-likeness (QED) is 0.698. The van der Waals surface area contributed by atoms with E-state index in [1.165, 1.54) is 6.92 Å². The van der Waals surface area contributed by atoms with Crippen LogP contribution >= 0.6 is 0 Å². The zero-order chi connectivity index (χ0) is 11.7. The molecule has 0 aromatic heterocycles. The highest BCUT2D eigenvalue weighted by Crippen LogP contribution is 2.32. The third-order valence-corrected chi connectivity index (χ3v) is 3.09. The first-order chi connectivity index (χ1) is 7.56. The smallest absolute Gasteiger partial charge is 0.302 e. The van der Waals surface area contributed by atoms with E-state index in [0.717, 1.165) is 6.42 Å². The topological polar surface area (TPSA) is 68.1 Å². The lowest BCUT2D eigenvalue weighted by atomic mass is 9.83. The summed E-state index contributed by atoms with van der Waals surface area (Å²) in [5.74, 6) is 0.528. The second-order valence-electron chi connectivity index (χ2n) is 4.50. The minimum absolute atomic E-state index is 0.0516. The van der Waals surface area contributed by atoms with Gasteiger partial charge in [0, 0.05) is 13.8 Å². The molecule has 1 fully saturated rings. The molecule has 0 saturated heterocycles. The third kappa shape index (κ3) is 2.35. The molecule has 0 aromatic rings. The van der Waals surface area contributed by atoms with Crippen molar-refractivity contribution in [2.24, 2.45) is 10.9 Å². The molecule has 2 aliphatic rings. The van der Waals surface area contributed by atoms with Gasteiger partial charge in [-0.2, -0.15) is 0 Å². The number of carbonyl (C=O) groups is 1. The number of rotatable bonds is 2. The lowest BCUT2D eigenvalue weighted by molar-refractivity contribution is -0.143. The van der Waals surface area contributed by atoms with Crippen LogP contribution in [0.25, 0.3) is 0 Å². The standard InChI is InChI=1S/C11H17NO4/c1-6-12-11-9(14)3-8(4-10(11)16-6)5-15-7(2)13/h8-11,14H,3-5H2,1-2H3. The molecule has 4 unspecified atom stereocenters. The maximum Gasteiger partial charge on any atom is 0.302 e. The third-order valence-electron chi connectivity index (χ3n) is 3.09. The van der Waals surface area contributed by atoms with Gasteiger partial charge in [-0.05, 0) is 18.8 Å². The molecule has 1 saturated carbocycles. The fraction of sp³-hybridized carbons (Fsp3) is 0.818. The van der Waals surface area contributed by atoms with Crippen LogP contribution in [-0.4, -0.2) is 41.8 Å². The minimum Gasteiger partial charge on any atom is -0.476 e. The van der Waals surface area contributed by atoms with E-state index in [-0.39, 0.29) is 24.0 Å². The zero-order valence-electron chi connectivity index (χ0n) is 9.55. The molecule has 5 nitrogen and oxygen atoms in total. The Morgan fingerprint density at radius 1 is 1.62 bits per heavy atom. The Bertz CT molecular complexity index is 315. The molecule has 2 rings (SSSR count). The SMILES string of the molecule is CC(=O)OCC1CC(O)C2N=C(C)OC2C1. The number of esters is 1. The fourth-order valence-electron chi connectivity index (χ4n) is 2.41. The Hall–Kier alpha value is -1.10. The number of aliphatic hydroxyl groups is 1. The van der Waals surface area contributed by atoms with Crippen LogP contribution in [0.1, 0.15) is 26.7 Å².